The molecule has 1 N–H and O–H groups in total. The summed E-state index contributed by atoms with van der Waals surface area (Å²) in [6.07, 6.45) is 3.41. The van der Waals surface area contributed by atoms with Crippen molar-refractivity contribution in [3.63, 3.8) is 0 Å². The highest BCUT2D eigenvalue weighted by atomic mass is 16.7. The number of aromatic amines is 1. The number of aromatic nitrogens is 3. The number of hydrogen-bond acceptors (Lipinski definition) is 5. The van der Waals surface area contributed by atoms with Crippen molar-refractivity contribution in [3.05, 3.63) is 87.7 Å². The average Bonchev–Trinajstić information content (AvgIpc) is 3.43. The first-order valence-electron chi connectivity index (χ1n) is 11.9. The summed E-state index contributed by atoms with van der Waals surface area (Å²) in [4.78, 5) is 34.7. The number of amides is 1. The molecule has 0 atom stereocenters. The van der Waals surface area contributed by atoms with E-state index in [4.69, 9.17) is 9.47 Å². The maximum absolute atomic E-state index is 13.2. The summed E-state index contributed by atoms with van der Waals surface area (Å²) >= 11 is 0. The molecule has 1 aliphatic rings. The molecule has 36 heavy (non-hydrogen) atoms. The van der Waals surface area contributed by atoms with E-state index in [0.29, 0.717) is 16.7 Å². The van der Waals surface area contributed by atoms with Gasteiger partial charge < -0.3 is 23.9 Å². The lowest BCUT2D eigenvalue weighted by atomic mass is 10.2. The maximum atomic E-state index is 13.2. The van der Waals surface area contributed by atoms with Crippen molar-refractivity contribution in [1.82, 2.24) is 19.4 Å². The Labute approximate surface area is 208 Å². The molecule has 5 rings (SSSR count). The van der Waals surface area contributed by atoms with Gasteiger partial charge in [0.2, 0.25) is 12.7 Å². The predicted molar refractivity (Wildman–Crippen MR) is 138 cm³/mol. The largest absolute Gasteiger partial charge is 0.454 e. The summed E-state index contributed by atoms with van der Waals surface area (Å²) in [5.74, 6) is 1.76. The van der Waals surface area contributed by atoms with E-state index in [0.717, 1.165) is 34.1 Å². The number of hydrogen-bond donors (Lipinski definition) is 1. The van der Waals surface area contributed by atoms with Crippen LogP contribution in [0.2, 0.25) is 0 Å². The molecule has 0 bridgehead atoms. The molecule has 2 aromatic heterocycles. The zero-order chi connectivity index (χ0) is 25.4. The van der Waals surface area contributed by atoms with Gasteiger partial charge in [0.15, 0.2) is 11.5 Å². The summed E-state index contributed by atoms with van der Waals surface area (Å²) in [5.41, 5.74) is 4.36. The number of rotatable bonds is 6. The third kappa shape index (κ3) is 4.37. The molecule has 0 radical (unpaired) electrons. The van der Waals surface area contributed by atoms with E-state index in [9.17, 15) is 9.59 Å². The molecular weight excluding hydrogens is 456 g/mol. The third-order valence-corrected chi connectivity index (χ3v) is 6.38. The lowest BCUT2D eigenvalue weighted by molar-refractivity contribution is -0.128. The number of nitrogens with one attached hydrogen (secondary N) is 1. The Morgan fingerprint density at radius 2 is 1.92 bits per heavy atom. The van der Waals surface area contributed by atoms with Crippen molar-refractivity contribution in [2.75, 3.05) is 6.79 Å². The molecule has 1 amide bonds. The Kier molecular flexibility index (Phi) is 6.10. The number of ether oxygens (including phenoxy) is 2. The van der Waals surface area contributed by atoms with Crippen molar-refractivity contribution in [2.45, 2.75) is 40.3 Å². The van der Waals surface area contributed by atoms with Crippen LogP contribution in [0.4, 0.5) is 0 Å². The SMILES string of the molecule is Cc1cc(/C=C/C(=O)N(Cc2nc3ccccc3c(=O)[nH]2)C(C)C)c(C)n1-c1ccc2c(c1)OCO2. The van der Waals surface area contributed by atoms with E-state index in [1.807, 2.05) is 64.1 Å². The average molecular weight is 485 g/mol. The summed E-state index contributed by atoms with van der Waals surface area (Å²) in [6.45, 7) is 8.36. The van der Waals surface area contributed by atoms with Gasteiger partial charge in [-0.25, -0.2) is 4.98 Å². The highest BCUT2D eigenvalue weighted by Gasteiger charge is 2.19. The molecule has 0 aliphatic carbocycles. The van der Waals surface area contributed by atoms with Crippen molar-refractivity contribution >= 4 is 22.9 Å². The molecular formula is C28H28N4O4. The monoisotopic (exact) mass is 484 g/mol. The van der Waals surface area contributed by atoms with Crippen molar-refractivity contribution < 1.29 is 14.3 Å². The van der Waals surface area contributed by atoms with Gasteiger partial charge in [-0.1, -0.05) is 12.1 Å². The van der Waals surface area contributed by atoms with Gasteiger partial charge in [0.1, 0.15) is 5.82 Å². The number of carbonyl (C=O) groups excluding carboxylic acids is 1. The molecule has 8 nitrogen and oxygen atoms in total. The van der Waals surface area contributed by atoms with Crippen LogP contribution in [0.25, 0.3) is 22.7 Å². The normalized spacial score (nSPS) is 12.7. The fraction of sp³-hybridized carbons (Fsp3) is 0.250. The third-order valence-electron chi connectivity index (χ3n) is 6.38. The van der Waals surface area contributed by atoms with Crippen molar-refractivity contribution in [3.8, 4) is 17.2 Å². The van der Waals surface area contributed by atoms with Crippen LogP contribution in [0, 0.1) is 13.8 Å². The highest BCUT2D eigenvalue weighted by molar-refractivity contribution is 5.92. The topological polar surface area (TPSA) is 89.5 Å². The molecule has 8 heteroatoms. The smallest absolute Gasteiger partial charge is 0.258 e. The Bertz CT molecular complexity index is 1550. The second-order valence-electron chi connectivity index (χ2n) is 9.12. The zero-order valence-electron chi connectivity index (χ0n) is 20.7. The number of para-hydroxylation sites is 1. The van der Waals surface area contributed by atoms with E-state index in [1.54, 1.807) is 29.2 Å². The zero-order valence-corrected chi connectivity index (χ0v) is 20.7. The van der Waals surface area contributed by atoms with Gasteiger partial charge in [-0.05, 0) is 69.7 Å². The minimum absolute atomic E-state index is 0.0833. The number of aryl methyl sites for hydroxylation is 1. The summed E-state index contributed by atoms with van der Waals surface area (Å²) in [5, 5.41) is 0.529. The number of nitrogens with zero attached hydrogens (tertiary/aromatic N) is 3. The fourth-order valence-electron chi connectivity index (χ4n) is 4.52. The number of H-pyrrole nitrogens is 1. The van der Waals surface area contributed by atoms with E-state index in [1.165, 1.54) is 0 Å². The molecule has 2 aromatic carbocycles. The molecule has 0 unspecified atom stereocenters. The standard InChI is InChI=1S/C28H28N4O4/c1-17(2)31(15-26-29-23-8-6-5-7-22(23)28(34)30-26)27(33)12-9-20-13-18(3)32(19(20)4)21-10-11-24-25(14-21)36-16-35-24/h5-14,17H,15-16H2,1-4H3,(H,29,30,34)/b12-9+. The van der Waals surface area contributed by atoms with Gasteiger partial charge in [-0.15, -0.1) is 0 Å². The van der Waals surface area contributed by atoms with E-state index in [2.05, 4.69) is 14.5 Å². The van der Waals surface area contributed by atoms with Crippen LogP contribution in [-0.2, 0) is 11.3 Å². The minimum atomic E-state index is -0.210. The van der Waals surface area contributed by atoms with Gasteiger partial charge in [-0.2, -0.15) is 0 Å². The van der Waals surface area contributed by atoms with E-state index < -0.39 is 0 Å². The highest BCUT2D eigenvalue weighted by Crippen LogP contribution is 2.35. The maximum Gasteiger partial charge on any atom is 0.258 e. The minimum Gasteiger partial charge on any atom is -0.454 e. The fourth-order valence-corrected chi connectivity index (χ4v) is 4.52. The molecule has 0 saturated carbocycles. The van der Waals surface area contributed by atoms with Crippen LogP contribution in [0.1, 0.15) is 36.6 Å². The van der Waals surface area contributed by atoms with Crippen LogP contribution in [-0.4, -0.2) is 38.2 Å². The molecule has 3 heterocycles. The Hall–Kier alpha value is -4.33. The molecule has 0 fully saturated rings. The summed E-state index contributed by atoms with van der Waals surface area (Å²) in [7, 11) is 0. The predicted octanol–water partition coefficient (Wildman–Crippen LogP) is 4.51. The second-order valence-corrected chi connectivity index (χ2v) is 9.12. The first-order chi connectivity index (χ1) is 17.3. The Balaban J connectivity index is 1.38. The van der Waals surface area contributed by atoms with Crippen molar-refractivity contribution in [2.24, 2.45) is 0 Å². The van der Waals surface area contributed by atoms with Gasteiger partial charge >= 0.3 is 0 Å². The Morgan fingerprint density at radius 1 is 1.14 bits per heavy atom. The quantitative estimate of drug-likeness (QED) is 0.407. The van der Waals surface area contributed by atoms with Crippen LogP contribution in [0.3, 0.4) is 0 Å². The summed E-state index contributed by atoms with van der Waals surface area (Å²) < 4.78 is 13.1. The van der Waals surface area contributed by atoms with Gasteiger partial charge in [0.05, 0.1) is 17.4 Å². The van der Waals surface area contributed by atoms with Crippen molar-refractivity contribution in [1.29, 1.82) is 0 Å². The molecule has 1 aliphatic heterocycles. The first kappa shape index (κ1) is 23.4. The van der Waals surface area contributed by atoms with Crippen LogP contribution in [0.5, 0.6) is 11.5 Å². The van der Waals surface area contributed by atoms with Gasteiger partial charge in [0, 0.05) is 35.3 Å². The van der Waals surface area contributed by atoms with E-state index >= 15 is 0 Å². The van der Waals surface area contributed by atoms with Crippen LogP contribution < -0.4 is 15.0 Å². The molecule has 0 spiro atoms. The number of carbonyl (C=O) groups is 1. The molecule has 4 aromatic rings. The van der Waals surface area contributed by atoms with Gasteiger partial charge in [0.25, 0.3) is 5.56 Å². The second kappa shape index (κ2) is 9.37. The van der Waals surface area contributed by atoms with Gasteiger partial charge in [-0.3, -0.25) is 9.59 Å². The lowest BCUT2D eigenvalue weighted by Gasteiger charge is -2.25. The van der Waals surface area contributed by atoms with Crippen LogP contribution in [0.15, 0.2) is 59.4 Å². The van der Waals surface area contributed by atoms with E-state index in [-0.39, 0.29) is 30.8 Å². The Morgan fingerprint density at radius 3 is 2.72 bits per heavy atom. The molecule has 0 saturated heterocycles. The van der Waals surface area contributed by atoms with Crippen LogP contribution >= 0.6 is 0 Å². The first-order valence-corrected chi connectivity index (χ1v) is 11.9. The number of fused-ring (bicyclic) bond motifs is 2. The molecule has 184 valence electrons. The number of benzene rings is 2. The summed E-state index contributed by atoms with van der Waals surface area (Å²) in [6, 6.07) is 15.0. The lowest BCUT2D eigenvalue weighted by Crippen LogP contribution is -2.36.